The molecule has 0 aromatic heterocycles. The molecule has 7 heteroatoms. The minimum Gasteiger partial charge on any atom is -0.497 e. The second-order valence-corrected chi connectivity index (χ2v) is 8.38. The number of carbonyl (C=O) groups excluding carboxylic acids is 2. The lowest BCUT2D eigenvalue weighted by Crippen LogP contribution is -2.46. The fourth-order valence-corrected chi connectivity index (χ4v) is 4.17. The molecule has 4 aromatic carbocycles. The number of aliphatic imine (C=N–C) groups is 1. The molecule has 1 aliphatic rings. The van der Waals surface area contributed by atoms with Crippen molar-refractivity contribution in [2.45, 2.75) is 12.1 Å². The maximum atomic E-state index is 13.9. The first-order valence-electron chi connectivity index (χ1n) is 11.8. The van der Waals surface area contributed by atoms with Gasteiger partial charge >= 0.3 is 12.1 Å². The average molecular weight is 492 g/mol. The molecule has 0 spiro atoms. The summed E-state index contributed by atoms with van der Waals surface area (Å²) in [5.74, 6) is 0.410. The monoisotopic (exact) mass is 491 g/mol. The maximum Gasteiger partial charge on any atom is 0.330 e. The Morgan fingerprint density at radius 2 is 1.41 bits per heavy atom. The molecule has 0 aliphatic carbocycles. The highest BCUT2D eigenvalue weighted by Gasteiger charge is 2.49. The van der Waals surface area contributed by atoms with E-state index in [0.717, 1.165) is 0 Å². The summed E-state index contributed by atoms with van der Waals surface area (Å²) in [5, 5.41) is 2.88. The Bertz CT molecular complexity index is 1390. The van der Waals surface area contributed by atoms with Crippen molar-refractivity contribution in [1.82, 2.24) is 4.90 Å². The molecule has 0 unspecified atom stereocenters. The third kappa shape index (κ3) is 5.21. The van der Waals surface area contributed by atoms with Crippen LogP contribution >= 0.6 is 0 Å². The summed E-state index contributed by atoms with van der Waals surface area (Å²) in [7, 11) is 1.59. The van der Waals surface area contributed by atoms with Crippen LogP contribution in [0.15, 0.2) is 120 Å². The van der Waals surface area contributed by atoms with Gasteiger partial charge in [0.25, 0.3) is 0 Å². The van der Waals surface area contributed by atoms with Crippen molar-refractivity contribution >= 4 is 29.2 Å². The Balaban J connectivity index is 1.62. The highest BCUT2D eigenvalue weighted by atomic mass is 16.5. The number of methoxy groups -OCH3 is 1. The molecule has 1 fully saturated rings. The Kier molecular flexibility index (Phi) is 6.94. The quantitative estimate of drug-likeness (QED) is 0.324. The summed E-state index contributed by atoms with van der Waals surface area (Å²) >= 11 is 0. The van der Waals surface area contributed by atoms with Gasteiger partial charge in [-0.1, -0.05) is 78.9 Å². The number of hydrogen-bond acceptors (Lipinski definition) is 5. The Morgan fingerprint density at radius 3 is 2.03 bits per heavy atom. The molecule has 7 nitrogen and oxygen atoms in total. The predicted octanol–water partition coefficient (Wildman–Crippen LogP) is 6.24. The summed E-state index contributed by atoms with van der Waals surface area (Å²) in [6.07, 6.45) is -0.789. The number of nitrogens with zero attached hydrogens (tertiary/aromatic N) is 2. The molecule has 0 radical (unpaired) electrons. The lowest BCUT2D eigenvalue weighted by atomic mass is 9.94. The smallest absolute Gasteiger partial charge is 0.330 e. The van der Waals surface area contributed by atoms with E-state index in [-0.39, 0.29) is 11.8 Å². The number of hydrogen-bond donors (Lipinski definition) is 1. The van der Waals surface area contributed by atoms with Gasteiger partial charge in [-0.25, -0.2) is 9.69 Å². The van der Waals surface area contributed by atoms with E-state index in [1.807, 2.05) is 54.6 Å². The number of Topliss-reactive ketones (excluding diaryl/α,β-unsaturated/α-hetero) is 1. The number of para-hydroxylation sites is 2. The molecule has 1 heterocycles. The van der Waals surface area contributed by atoms with E-state index in [2.05, 4.69) is 10.3 Å². The number of nitrogens with one attached hydrogen (secondary N) is 1. The third-order valence-corrected chi connectivity index (χ3v) is 6.00. The minimum atomic E-state index is -0.998. The normalized spacial score (nSPS) is 17.8. The first kappa shape index (κ1) is 23.8. The fourth-order valence-electron chi connectivity index (χ4n) is 4.17. The molecule has 4 aromatic rings. The lowest BCUT2D eigenvalue weighted by molar-refractivity contribution is 0.0847. The van der Waals surface area contributed by atoms with Crippen LogP contribution < -0.4 is 10.1 Å². The zero-order valence-electron chi connectivity index (χ0n) is 20.2. The highest BCUT2D eigenvalue weighted by Crippen LogP contribution is 2.37. The van der Waals surface area contributed by atoms with E-state index in [9.17, 15) is 9.59 Å². The van der Waals surface area contributed by atoms with Gasteiger partial charge in [-0.05, 0) is 42.0 Å². The van der Waals surface area contributed by atoms with Gasteiger partial charge in [0, 0.05) is 11.3 Å². The van der Waals surface area contributed by atoms with Crippen molar-refractivity contribution in [3.63, 3.8) is 0 Å². The van der Waals surface area contributed by atoms with Crippen LogP contribution in [0.4, 0.5) is 16.2 Å². The van der Waals surface area contributed by atoms with Gasteiger partial charge in [-0.3, -0.25) is 4.79 Å². The van der Waals surface area contributed by atoms with E-state index >= 15 is 0 Å². The van der Waals surface area contributed by atoms with Crippen LogP contribution in [0.3, 0.4) is 0 Å². The number of ketones is 1. The first-order valence-corrected chi connectivity index (χ1v) is 11.8. The van der Waals surface area contributed by atoms with Crippen LogP contribution in [0.1, 0.15) is 22.0 Å². The van der Waals surface area contributed by atoms with Crippen LogP contribution in [-0.4, -0.2) is 35.9 Å². The topological polar surface area (TPSA) is 80.2 Å². The number of ether oxygens (including phenoxy) is 2. The molecule has 2 amide bonds. The zero-order valence-corrected chi connectivity index (χ0v) is 20.2. The SMILES string of the molecule is COc1ccc([C@H]2OC(=Nc3ccccc3)N(C(=O)Nc3ccccc3)[C@@H]2C(=O)c2ccccc2)cc1. The Morgan fingerprint density at radius 1 is 0.811 bits per heavy atom. The number of rotatable bonds is 6. The van der Waals surface area contributed by atoms with E-state index in [1.165, 1.54) is 4.90 Å². The molecule has 0 bridgehead atoms. The number of amidine groups is 1. The van der Waals surface area contributed by atoms with Crippen LogP contribution in [0.5, 0.6) is 5.75 Å². The molecule has 1 aliphatic heterocycles. The molecule has 5 rings (SSSR count). The number of anilines is 1. The van der Waals surface area contributed by atoms with Gasteiger partial charge in [0.15, 0.2) is 11.9 Å². The molecule has 1 N–H and O–H groups in total. The van der Waals surface area contributed by atoms with Crippen LogP contribution in [0.25, 0.3) is 0 Å². The fraction of sp³-hybridized carbons (Fsp3) is 0.100. The number of amides is 2. The van der Waals surface area contributed by atoms with E-state index in [1.54, 1.807) is 67.8 Å². The maximum absolute atomic E-state index is 13.9. The number of carbonyl (C=O) groups is 2. The standard InChI is InChI=1S/C30H25N3O4/c1-36-25-19-17-22(18-20-25)28-26(27(34)21-11-5-2-6-12-21)33(29(35)31-23-13-7-3-8-14-23)30(37-28)32-24-15-9-4-10-16-24/h2-20,26,28H,1H3,(H,31,35)/t26-,28-/m1/s1. The van der Waals surface area contributed by atoms with E-state index in [4.69, 9.17) is 9.47 Å². The molecule has 1 saturated heterocycles. The Hall–Kier alpha value is -4.91. The van der Waals surface area contributed by atoms with Crippen molar-refractivity contribution < 1.29 is 19.1 Å². The van der Waals surface area contributed by atoms with Crippen molar-refractivity contribution in [3.05, 3.63) is 126 Å². The van der Waals surface area contributed by atoms with Crippen LogP contribution in [0, 0.1) is 0 Å². The van der Waals surface area contributed by atoms with Gasteiger partial charge in [-0.2, -0.15) is 4.99 Å². The Labute approximate surface area is 215 Å². The van der Waals surface area contributed by atoms with Crippen LogP contribution in [0.2, 0.25) is 0 Å². The number of urea groups is 1. The summed E-state index contributed by atoms with van der Waals surface area (Å²) in [5.41, 5.74) is 2.36. The predicted molar refractivity (Wildman–Crippen MR) is 142 cm³/mol. The summed E-state index contributed by atoms with van der Waals surface area (Å²) in [4.78, 5) is 33.6. The summed E-state index contributed by atoms with van der Waals surface area (Å²) in [6, 6.07) is 32.9. The molecular formula is C30H25N3O4. The molecule has 0 saturated carbocycles. The van der Waals surface area contributed by atoms with Crippen LogP contribution in [-0.2, 0) is 4.74 Å². The third-order valence-electron chi connectivity index (χ3n) is 6.00. The van der Waals surface area contributed by atoms with Gasteiger partial charge in [-0.15, -0.1) is 0 Å². The molecule has 37 heavy (non-hydrogen) atoms. The van der Waals surface area contributed by atoms with Gasteiger partial charge in [0.2, 0.25) is 0 Å². The first-order chi connectivity index (χ1) is 18.1. The highest BCUT2D eigenvalue weighted by molar-refractivity contribution is 6.11. The second-order valence-electron chi connectivity index (χ2n) is 8.38. The van der Waals surface area contributed by atoms with E-state index < -0.39 is 18.2 Å². The average Bonchev–Trinajstić information content (AvgIpc) is 3.33. The second kappa shape index (κ2) is 10.8. The molecule has 184 valence electrons. The van der Waals surface area contributed by atoms with Crippen molar-refractivity contribution in [1.29, 1.82) is 0 Å². The van der Waals surface area contributed by atoms with Crippen molar-refractivity contribution in [3.8, 4) is 5.75 Å². The van der Waals surface area contributed by atoms with Gasteiger partial charge < -0.3 is 14.8 Å². The van der Waals surface area contributed by atoms with E-state index in [0.29, 0.717) is 28.3 Å². The lowest BCUT2D eigenvalue weighted by Gasteiger charge is -2.24. The molecular weight excluding hydrogens is 466 g/mol. The number of benzene rings is 4. The zero-order chi connectivity index (χ0) is 25.6. The van der Waals surface area contributed by atoms with Gasteiger partial charge in [0.05, 0.1) is 12.8 Å². The minimum absolute atomic E-state index is 0.0368. The largest absolute Gasteiger partial charge is 0.497 e. The summed E-state index contributed by atoms with van der Waals surface area (Å²) < 4.78 is 11.6. The van der Waals surface area contributed by atoms with Crippen molar-refractivity contribution in [2.24, 2.45) is 4.99 Å². The van der Waals surface area contributed by atoms with Gasteiger partial charge in [0.1, 0.15) is 11.8 Å². The molecule has 2 atom stereocenters. The summed E-state index contributed by atoms with van der Waals surface area (Å²) in [6.45, 7) is 0. The van der Waals surface area contributed by atoms with Crippen molar-refractivity contribution in [2.75, 3.05) is 12.4 Å².